The van der Waals surface area contributed by atoms with Crippen molar-refractivity contribution in [2.45, 2.75) is 13.5 Å². The standard InChI is InChI=1S/C13H11BrFN3O2/c1-8-4-13(17-7-12(8)18(19)20)16-6-9-2-3-10(14)5-11(9)15/h2-5,7H,6H2,1H3,(H,16,17). The number of nitrogens with one attached hydrogen (secondary N) is 1. The number of rotatable bonds is 4. The Balaban J connectivity index is 2.11. The summed E-state index contributed by atoms with van der Waals surface area (Å²) in [6, 6.07) is 6.35. The number of halogens is 2. The van der Waals surface area contributed by atoms with Gasteiger partial charge in [0.25, 0.3) is 5.69 Å². The lowest BCUT2D eigenvalue weighted by molar-refractivity contribution is -0.385. The van der Waals surface area contributed by atoms with E-state index in [1.54, 1.807) is 25.1 Å². The quantitative estimate of drug-likeness (QED) is 0.679. The molecule has 2 rings (SSSR count). The minimum Gasteiger partial charge on any atom is -0.366 e. The molecule has 1 aromatic heterocycles. The molecular formula is C13H11BrFN3O2. The third-order valence-corrected chi connectivity index (χ3v) is 3.25. The van der Waals surface area contributed by atoms with Crippen molar-refractivity contribution in [2.24, 2.45) is 0 Å². The monoisotopic (exact) mass is 339 g/mol. The first-order valence-electron chi connectivity index (χ1n) is 5.76. The van der Waals surface area contributed by atoms with Gasteiger partial charge in [0.2, 0.25) is 0 Å². The van der Waals surface area contributed by atoms with Crippen LogP contribution in [0.3, 0.4) is 0 Å². The van der Waals surface area contributed by atoms with E-state index < -0.39 is 4.92 Å². The van der Waals surface area contributed by atoms with Crippen LogP contribution in [0.4, 0.5) is 15.9 Å². The first-order valence-corrected chi connectivity index (χ1v) is 6.55. The normalized spacial score (nSPS) is 10.3. The summed E-state index contributed by atoms with van der Waals surface area (Å²) in [7, 11) is 0. The van der Waals surface area contributed by atoms with Gasteiger partial charge in [-0.1, -0.05) is 22.0 Å². The van der Waals surface area contributed by atoms with Gasteiger partial charge in [-0.25, -0.2) is 9.37 Å². The van der Waals surface area contributed by atoms with Crippen LogP contribution in [0.1, 0.15) is 11.1 Å². The van der Waals surface area contributed by atoms with E-state index in [1.165, 1.54) is 12.3 Å². The Bertz CT molecular complexity index is 664. The summed E-state index contributed by atoms with van der Waals surface area (Å²) >= 11 is 3.19. The molecule has 0 saturated heterocycles. The first kappa shape index (κ1) is 14.4. The van der Waals surface area contributed by atoms with Gasteiger partial charge in [-0.05, 0) is 25.1 Å². The molecule has 5 nitrogen and oxygen atoms in total. The van der Waals surface area contributed by atoms with E-state index >= 15 is 0 Å². The zero-order valence-corrected chi connectivity index (χ0v) is 12.1. The number of benzene rings is 1. The van der Waals surface area contributed by atoms with E-state index in [0.29, 0.717) is 21.4 Å². The predicted octanol–water partition coefficient (Wildman–Crippen LogP) is 3.81. The molecule has 0 aliphatic carbocycles. The maximum Gasteiger partial charge on any atom is 0.290 e. The average Bonchev–Trinajstić information content (AvgIpc) is 2.37. The lowest BCUT2D eigenvalue weighted by Gasteiger charge is -2.07. The molecule has 0 aliphatic rings. The van der Waals surface area contributed by atoms with Gasteiger partial charge in [-0.2, -0.15) is 0 Å². The third-order valence-electron chi connectivity index (χ3n) is 2.75. The number of hydrogen-bond donors (Lipinski definition) is 1. The summed E-state index contributed by atoms with van der Waals surface area (Å²) < 4.78 is 14.3. The maximum atomic E-state index is 13.6. The largest absolute Gasteiger partial charge is 0.366 e. The molecule has 2 aromatic rings. The summed E-state index contributed by atoms with van der Waals surface area (Å²) in [6.07, 6.45) is 1.19. The van der Waals surface area contributed by atoms with Gasteiger partial charge in [0.05, 0.1) is 4.92 Å². The number of pyridine rings is 1. The second-order valence-electron chi connectivity index (χ2n) is 4.20. The Morgan fingerprint density at radius 2 is 2.20 bits per heavy atom. The molecule has 0 saturated carbocycles. The highest BCUT2D eigenvalue weighted by Gasteiger charge is 2.11. The minimum atomic E-state index is -0.486. The highest BCUT2D eigenvalue weighted by atomic mass is 79.9. The van der Waals surface area contributed by atoms with Gasteiger partial charge < -0.3 is 5.32 Å². The number of nitro groups is 1. The second kappa shape index (κ2) is 5.96. The highest BCUT2D eigenvalue weighted by Crippen LogP contribution is 2.20. The van der Waals surface area contributed by atoms with Crippen LogP contribution < -0.4 is 5.32 Å². The van der Waals surface area contributed by atoms with Gasteiger partial charge in [0, 0.05) is 22.1 Å². The number of aryl methyl sites for hydroxylation is 1. The molecule has 0 fully saturated rings. The molecule has 0 bridgehead atoms. The minimum absolute atomic E-state index is 0.0367. The van der Waals surface area contributed by atoms with Crippen LogP contribution >= 0.6 is 15.9 Å². The van der Waals surface area contributed by atoms with Crippen LogP contribution in [0, 0.1) is 22.9 Å². The van der Waals surface area contributed by atoms with E-state index in [0.717, 1.165) is 0 Å². The molecule has 0 radical (unpaired) electrons. The molecule has 1 aromatic carbocycles. The molecule has 0 amide bonds. The van der Waals surface area contributed by atoms with Gasteiger partial charge in [-0.15, -0.1) is 0 Å². The second-order valence-corrected chi connectivity index (χ2v) is 5.12. The zero-order valence-electron chi connectivity index (χ0n) is 10.6. The van der Waals surface area contributed by atoms with Crippen molar-refractivity contribution in [3.63, 3.8) is 0 Å². The summed E-state index contributed by atoms with van der Waals surface area (Å²) in [5, 5.41) is 13.6. The fourth-order valence-corrected chi connectivity index (χ4v) is 2.02. The van der Waals surface area contributed by atoms with Crippen LogP contribution in [0.5, 0.6) is 0 Å². The summed E-state index contributed by atoms with van der Waals surface area (Å²) in [6.45, 7) is 1.88. The van der Waals surface area contributed by atoms with Crippen LogP contribution in [0.25, 0.3) is 0 Å². The number of anilines is 1. The zero-order chi connectivity index (χ0) is 14.7. The third kappa shape index (κ3) is 3.30. The molecular weight excluding hydrogens is 329 g/mol. The van der Waals surface area contributed by atoms with Crippen molar-refractivity contribution in [1.29, 1.82) is 0 Å². The molecule has 0 aliphatic heterocycles. The Morgan fingerprint density at radius 3 is 2.80 bits per heavy atom. The van der Waals surface area contributed by atoms with Gasteiger partial charge in [0.1, 0.15) is 17.8 Å². The van der Waals surface area contributed by atoms with E-state index in [2.05, 4.69) is 26.2 Å². The summed E-state index contributed by atoms with van der Waals surface area (Å²) in [4.78, 5) is 14.1. The molecule has 1 N–H and O–H groups in total. The fourth-order valence-electron chi connectivity index (χ4n) is 1.69. The number of hydrogen-bond acceptors (Lipinski definition) is 4. The van der Waals surface area contributed by atoms with Crippen molar-refractivity contribution >= 4 is 27.4 Å². The van der Waals surface area contributed by atoms with Crippen molar-refractivity contribution < 1.29 is 9.31 Å². The number of aromatic nitrogens is 1. The van der Waals surface area contributed by atoms with Crippen LogP contribution in [-0.4, -0.2) is 9.91 Å². The van der Waals surface area contributed by atoms with Crippen molar-refractivity contribution in [3.05, 3.63) is 62.0 Å². The topological polar surface area (TPSA) is 68.1 Å². The molecule has 1 heterocycles. The van der Waals surface area contributed by atoms with Crippen LogP contribution in [-0.2, 0) is 6.54 Å². The Kier molecular flexibility index (Phi) is 4.29. The SMILES string of the molecule is Cc1cc(NCc2ccc(Br)cc2F)ncc1[N+](=O)[O-]. The van der Waals surface area contributed by atoms with Crippen molar-refractivity contribution in [2.75, 3.05) is 5.32 Å². The first-order chi connectivity index (χ1) is 9.47. The highest BCUT2D eigenvalue weighted by molar-refractivity contribution is 9.10. The molecule has 20 heavy (non-hydrogen) atoms. The van der Waals surface area contributed by atoms with Gasteiger partial charge in [-0.3, -0.25) is 10.1 Å². The summed E-state index contributed by atoms with van der Waals surface area (Å²) in [5.74, 6) is 0.140. The van der Waals surface area contributed by atoms with E-state index in [9.17, 15) is 14.5 Å². The Hall–Kier alpha value is -2.02. The Labute approximate surface area is 123 Å². The lowest BCUT2D eigenvalue weighted by Crippen LogP contribution is -2.04. The fraction of sp³-hybridized carbons (Fsp3) is 0.154. The molecule has 7 heteroatoms. The predicted molar refractivity (Wildman–Crippen MR) is 77.1 cm³/mol. The maximum absolute atomic E-state index is 13.6. The van der Waals surface area contributed by atoms with Gasteiger partial charge in [0.15, 0.2) is 0 Å². The molecule has 0 atom stereocenters. The van der Waals surface area contributed by atoms with Crippen LogP contribution in [0.2, 0.25) is 0 Å². The van der Waals surface area contributed by atoms with Crippen molar-refractivity contribution in [3.8, 4) is 0 Å². The molecule has 0 spiro atoms. The Morgan fingerprint density at radius 1 is 1.45 bits per heavy atom. The number of nitrogens with zero attached hydrogens (tertiary/aromatic N) is 2. The van der Waals surface area contributed by atoms with Crippen molar-refractivity contribution in [1.82, 2.24) is 4.98 Å². The van der Waals surface area contributed by atoms with Crippen LogP contribution in [0.15, 0.2) is 34.9 Å². The van der Waals surface area contributed by atoms with E-state index in [-0.39, 0.29) is 18.0 Å². The van der Waals surface area contributed by atoms with E-state index in [4.69, 9.17) is 0 Å². The molecule has 104 valence electrons. The average molecular weight is 340 g/mol. The van der Waals surface area contributed by atoms with E-state index in [1.807, 2.05) is 0 Å². The lowest BCUT2D eigenvalue weighted by atomic mass is 10.2. The van der Waals surface area contributed by atoms with Gasteiger partial charge >= 0.3 is 0 Å². The summed E-state index contributed by atoms with van der Waals surface area (Å²) in [5.41, 5.74) is 0.958. The smallest absolute Gasteiger partial charge is 0.290 e. The molecule has 0 unspecified atom stereocenters.